The van der Waals surface area contributed by atoms with E-state index in [-0.39, 0.29) is 12.5 Å². The second kappa shape index (κ2) is 14.0. The molecule has 0 heterocycles. The number of alkyl halides is 1. The van der Waals surface area contributed by atoms with Crippen LogP contribution in [0.4, 0.5) is 4.39 Å². The Labute approximate surface area is 203 Å². The zero-order chi connectivity index (χ0) is 24.2. The van der Waals surface area contributed by atoms with Crippen molar-refractivity contribution in [1.29, 1.82) is 0 Å². The molecular formula is C29H39FO4. The van der Waals surface area contributed by atoms with Crippen molar-refractivity contribution in [2.24, 2.45) is 5.92 Å². The van der Waals surface area contributed by atoms with Gasteiger partial charge in [0.2, 0.25) is 0 Å². The van der Waals surface area contributed by atoms with Crippen molar-refractivity contribution in [2.75, 3.05) is 13.2 Å². The fraction of sp³-hybridized carbons (Fsp3) is 0.552. The van der Waals surface area contributed by atoms with Crippen molar-refractivity contribution in [3.63, 3.8) is 0 Å². The highest BCUT2D eigenvalue weighted by molar-refractivity contribution is 5.74. The summed E-state index contributed by atoms with van der Waals surface area (Å²) in [5.74, 6) is 1.50. The molecule has 0 saturated heterocycles. The average Bonchev–Trinajstić information content (AvgIpc) is 2.87. The summed E-state index contributed by atoms with van der Waals surface area (Å²) in [5, 5.41) is 0. The second-order valence-corrected chi connectivity index (χ2v) is 9.25. The molecular weight excluding hydrogens is 431 g/mol. The van der Waals surface area contributed by atoms with E-state index in [9.17, 15) is 9.18 Å². The standard InChI is InChI=1S/C29H39FO4/c1-3-5-7-28(30)29(31)34-27-14-8-22(9-15-27)21-33-26-18-12-24(13-19-26)23-10-16-25(17-11-23)32-20-6-4-2/h10-13,16-19,22,27-28H,3-9,14-15,20-21H2,1-2H3/t22?,27?,28-/m0/s1. The van der Waals surface area contributed by atoms with Gasteiger partial charge in [-0.15, -0.1) is 0 Å². The molecule has 1 aliphatic rings. The summed E-state index contributed by atoms with van der Waals surface area (Å²) in [4.78, 5) is 11.9. The largest absolute Gasteiger partial charge is 0.494 e. The topological polar surface area (TPSA) is 44.8 Å². The molecule has 186 valence electrons. The number of ether oxygens (including phenoxy) is 3. The van der Waals surface area contributed by atoms with Crippen LogP contribution in [-0.4, -0.2) is 31.5 Å². The summed E-state index contributed by atoms with van der Waals surface area (Å²) < 4.78 is 31.0. The number of halogens is 1. The minimum Gasteiger partial charge on any atom is -0.494 e. The second-order valence-electron chi connectivity index (χ2n) is 9.25. The Hall–Kier alpha value is -2.56. The normalized spacial score (nSPS) is 18.8. The summed E-state index contributed by atoms with van der Waals surface area (Å²) in [7, 11) is 0. The Morgan fingerprint density at radius 2 is 1.41 bits per heavy atom. The molecule has 0 aliphatic heterocycles. The van der Waals surface area contributed by atoms with Gasteiger partial charge in [-0.3, -0.25) is 0 Å². The summed E-state index contributed by atoms with van der Waals surface area (Å²) in [5.41, 5.74) is 2.28. The minimum absolute atomic E-state index is 0.161. The first-order chi connectivity index (χ1) is 16.6. The number of carbonyl (C=O) groups is 1. The third-order valence-corrected chi connectivity index (χ3v) is 6.44. The van der Waals surface area contributed by atoms with Crippen LogP contribution in [0.2, 0.25) is 0 Å². The van der Waals surface area contributed by atoms with E-state index in [1.807, 2.05) is 31.2 Å². The van der Waals surface area contributed by atoms with E-state index in [2.05, 4.69) is 31.2 Å². The third kappa shape index (κ3) is 8.34. The summed E-state index contributed by atoms with van der Waals surface area (Å²) >= 11 is 0. The maximum atomic E-state index is 13.8. The van der Waals surface area contributed by atoms with Crippen LogP contribution in [0.5, 0.6) is 11.5 Å². The van der Waals surface area contributed by atoms with Crippen molar-refractivity contribution in [2.45, 2.75) is 83.9 Å². The highest BCUT2D eigenvalue weighted by Crippen LogP contribution is 2.29. The molecule has 34 heavy (non-hydrogen) atoms. The third-order valence-electron chi connectivity index (χ3n) is 6.44. The van der Waals surface area contributed by atoms with Crippen molar-refractivity contribution in [1.82, 2.24) is 0 Å². The first-order valence-electron chi connectivity index (χ1n) is 12.9. The van der Waals surface area contributed by atoms with Gasteiger partial charge in [0, 0.05) is 0 Å². The number of benzene rings is 2. The van der Waals surface area contributed by atoms with Crippen LogP contribution in [0, 0.1) is 5.92 Å². The Kier molecular flexibility index (Phi) is 10.7. The van der Waals surface area contributed by atoms with E-state index in [4.69, 9.17) is 14.2 Å². The Morgan fingerprint density at radius 3 is 1.97 bits per heavy atom. The number of hydrogen-bond acceptors (Lipinski definition) is 4. The maximum Gasteiger partial charge on any atom is 0.340 e. The van der Waals surface area contributed by atoms with Crippen LogP contribution in [0.15, 0.2) is 48.5 Å². The SMILES string of the molecule is CCCCOc1ccc(-c2ccc(OCC3CCC(OC(=O)[C@@H](F)CCCC)CC3)cc2)cc1. The van der Waals surface area contributed by atoms with Crippen molar-refractivity contribution in [3.8, 4) is 22.6 Å². The molecule has 0 N–H and O–H groups in total. The van der Waals surface area contributed by atoms with Crippen LogP contribution >= 0.6 is 0 Å². The molecule has 0 radical (unpaired) electrons. The van der Waals surface area contributed by atoms with E-state index >= 15 is 0 Å². The van der Waals surface area contributed by atoms with Gasteiger partial charge in [-0.2, -0.15) is 0 Å². The lowest BCUT2D eigenvalue weighted by molar-refractivity contribution is -0.157. The van der Waals surface area contributed by atoms with Gasteiger partial charge in [-0.05, 0) is 79.8 Å². The van der Waals surface area contributed by atoms with Gasteiger partial charge in [0.05, 0.1) is 13.2 Å². The molecule has 2 aromatic carbocycles. The lowest BCUT2D eigenvalue weighted by Gasteiger charge is -2.28. The van der Waals surface area contributed by atoms with E-state index < -0.39 is 12.1 Å². The summed E-state index contributed by atoms with van der Waals surface area (Å²) in [6.07, 6.45) is 5.80. The summed E-state index contributed by atoms with van der Waals surface area (Å²) in [6.45, 7) is 5.54. The fourth-order valence-corrected chi connectivity index (χ4v) is 4.19. The fourth-order valence-electron chi connectivity index (χ4n) is 4.19. The minimum atomic E-state index is -1.49. The first kappa shape index (κ1) is 26.1. The first-order valence-corrected chi connectivity index (χ1v) is 12.9. The lowest BCUT2D eigenvalue weighted by atomic mass is 9.88. The molecule has 0 aromatic heterocycles. The quantitative estimate of drug-likeness (QED) is 0.224. The zero-order valence-electron chi connectivity index (χ0n) is 20.6. The van der Waals surface area contributed by atoms with Crippen molar-refractivity contribution in [3.05, 3.63) is 48.5 Å². The van der Waals surface area contributed by atoms with E-state index in [0.29, 0.717) is 18.9 Å². The molecule has 1 fully saturated rings. The Bertz CT molecular complexity index is 841. The molecule has 2 aromatic rings. The van der Waals surface area contributed by atoms with Gasteiger partial charge >= 0.3 is 5.97 Å². The number of esters is 1. The predicted molar refractivity (Wildman–Crippen MR) is 134 cm³/mol. The summed E-state index contributed by atoms with van der Waals surface area (Å²) in [6, 6.07) is 16.4. The van der Waals surface area contributed by atoms with Gasteiger partial charge < -0.3 is 14.2 Å². The average molecular weight is 471 g/mol. The van der Waals surface area contributed by atoms with Gasteiger partial charge in [-0.25, -0.2) is 9.18 Å². The smallest absolute Gasteiger partial charge is 0.340 e. The molecule has 0 amide bonds. The van der Waals surface area contributed by atoms with Gasteiger partial charge in [0.15, 0.2) is 6.17 Å². The number of unbranched alkanes of at least 4 members (excludes halogenated alkanes) is 2. The molecule has 1 atom stereocenters. The maximum absolute atomic E-state index is 13.8. The number of hydrogen-bond donors (Lipinski definition) is 0. The number of rotatable bonds is 13. The van der Waals surface area contributed by atoms with Crippen molar-refractivity contribution >= 4 is 5.97 Å². The van der Waals surface area contributed by atoms with Gasteiger partial charge in [0.1, 0.15) is 17.6 Å². The molecule has 0 unspecified atom stereocenters. The highest BCUT2D eigenvalue weighted by atomic mass is 19.1. The number of carbonyl (C=O) groups excluding carboxylic acids is 1. The lowest BCUT2D eigenvalue weighted by Crippen LogP contribution is -2.30. The van der Waals surface area contributed by atoms with Crippen molar-refractivity contribution < 1.29 is 23.4 Å². The van der Waals surface area contributed by atoms with Crippen LogP contribution in [0.1, 0.15) is 71.6 Å². The zero-order valence-corrected chi connectivity index (χ0v) is 20.6. The molecule has 1 aliphatic carbocycles. The monoisotopic (exact) mass is 470 g/mol. The molecule has 3 rings (SSSR count). The van der Waals surface area contributed by atoms with E-state index in [0.717, 1.165) is 74.2 Å². The predicted octanol–water partition coefficient (Wildman–Crippen LogP) is 7.54. The van der Waals surface area contributed by atoms with Gasteiger partial charge in [-0.1, -0.05) is 57.4 Å². The molecule has 0 spiro atoms. The molecule has 1 saturated carbocycles. The van der Waals surface area contributed by atoms with E-state index in [1.165, 1.54) is 0 Å². The van der Waals surface area contributed by atoms with E-state index in [1.54, 1.807) is 0 Å². The Balaban J connectivity index is 1.38. The van der Waals surface area contributed by atoms with Crippen LogP contribution in [0.3, 0.4) is 0 Å². The highest BCUT2D eigenvalue weighted by Gasteiger charge is 2.27. The van der Waals surface area contributed by atoms with Crippen LogP contribution < -0.4 is 9.47 Å². The Morgan fingerprint density at radius 1 is 0.853 bits per heavy atom. The molecule has 5 heteroatoms. The molecule has 4 nitrogen and oxygen atoms in total. The van der Waals surface area contributed by atoms with Gasteiger partial charge in [0.25, 0.3) is 0 Å². The van der Waals surface area contributed by atoms with Crippen LogP contribution in [0.25, 0.3) is 11.1 Å². The van der Waals surface area contributed by atoms with Crippen LogP contribution in [-0.2, 0) is 9.53 Å². The molecule has 0 bridgehead atoms.